The topological polar surface area (TPSA) is 47.3 Å². The highest BCUT2D eigenvalue weighted by Crippen LogP contribution is 2.30. The van der Waals surface area contributed by atoms with Crippen LogP contribution in [0.2, 0.25) is 0 Å². The number of nitrogens with one attached hydrogen (secondary N) is 1. The minimum Gasteiger partial charge on any atom is -0.497 e. The van der Waals surface area contributed by atoms with Gasteiger partial charge in [-0.25, -0.2) is 0 Å². The molecule has 0 radical (unpaired) electrons. The van der Waals surface area contributed by atoms with Crippen LogP contribution in [0.4, 0.5) is 11.4 Å². The number of benzene rings is 1. The van der Waals surface area contributed by atoms with Crippen molar-refractivity contribution >= 4 is 11.4 Å². The van der Waals surface area contributed by atoms with Crippen molar-refractivity contribution in [3.8, 4) is 5.75 Å². The molecule has 0 saturated heterocycles. The molecule has 1 saturated carbocycles. The minimum absolute atomic E-state index is 0.549. The Bertz CT molecular complexity index is 378. The van der Waals surface area contributed by atoms with Gasteiger partial charge in [-0.3, -0.25) is 0 Å². The summed E-state index contributed by atoms with van der Waals surface area (Å²) in [6, 6.07) is 6.32. The van der Waals surface area contributed by atoms with E-state index in [-0.39, 0.29) is 0 Å². The summed E-state index contributed by atoms with van der Waals surface area (Å²) in [6.07, 6.45) is 5.13. The van der Waals surface area contributed by atoms with E-state index in [0.29, 0.717) is 6.04 Å². The molecule has 0 bridgehead atoms. The van der Waals surface area contributed by atoms with Gasteiger partial charge in [0.25, 0.3) is 0 Å². The fourth-order valence-electron chi connectivity index (χ4n) is 2.57. The summed E-state index contributed by atoms with van der Waals surface area (Å²) in [5, 5.41) is 3.55. The Labute approximate surface area is 103 Å². The minimum atomic E-state index is 0.549. The van der Waals surface area contributed by atoms with Crippen LogP contribution in [0.5, 0.6) is 5.75 Å². The van der Waals surface area contributed by atoms with Crippen molar-refractivity contribution in [2.45, 2.75) is 38.6 Å². The number of nitrogen functional groups attached to an aromatic ring is 1. The maximum absolute atomic E-state index is 5.98. The van der Waals surface area contributed by atoms with Gasteiger partial charge in [0.05, 0.1) is 18.5 Å². The van der Waals surface area contributed by atoms with Crippen molar-refractivity contribution in [3.63, 3.8) is 0 Å². The van der Waals surface area contributed by atoms with E-state index in [0.717, 1.165) is 23.0 Å². The number of ether oxygens (including phenoxy) is 1. The molecule has 3 N–H and O–H groups in total. The van der Waals surface area contributed by atoms with Gasteiger partial charge in [-0.1, -0.05) is 19.8 Å². The van der Waals surface area contributed by atoms with Gasteiger partial charge < -0.3 is 15.8 Å². The molecule has 3 nitrogen and oxygen atoms in total. The Morgan fingerprint density at radius 3 is 2.88 bits per heavy atom. The van der Waals surface area contributed by atoms with Crippen LogP contribution in [0.25, 0.3) is 0 Å². The number of methoxy groups -OCH3 is 1. The van der Waals surface area contributed by atoms with E-state index in [2.05, 4.69) is 12.2 Å². The van der Waals surface area contributed by atoms with Crippen molar-refractivity contribution in [1.29, 1.82) is 0 Å². The van der Waals surface area contributed by atoms with Gasteiger partial charge in [0.15, 0.2) is 0 Å². The van der Waals surface area contributed by atoms with Gasteiger partial charge in [-0.2, -0.15) is 0 Å². The van der Waals surface area contributed by atoms with Crippen molar-refractivity contribution in [1.82, 2.24) is 0 Å². The van der Waals surface area contributed by atoms with Crippen molar-refractivity contribution in [2.75, 3.05) is 18.2 Å². The van der Waals surface area contributed by atoms with Crippen LogP contribution >= 0.6 is 0 Å². The zero-order valence-electron chi connectivity index (χ0n) is 10.7. The van der Waals surface area contributed by atoms with E-state index >= 15 is 0 Å². The highest BCUT2D eigenvalue weighted by molar-refractivity contribution is 5.68. The molecular formula is C14H22N2O. The molecule has 17 heavy (non-hydrogen) atoms. The average Bonchev–Trinajstić information content (AvgIpc) is 2.32. The first-order valence-corrected chi connectivity index (χ1v) is 6.39. The Morgan fingerprint density at radius 1 is 1.35 bits per heavy atom. The standard InChI is InChI=1S/C14H22N2O/c1-10-4-3-5-11(8-10)16-14-9-12(17-2)6-7-13(14)15/h6-7,9-11,16H,3-5,8,15H2,1-2H3. The molecule has 0 heterocycles. The van der Waals surface area contributed by atoms with Gasteiger partial charge in [0.1, 0.15) is 5.75 Å². The number of hydrogen-bond acceptors (Lipinski definition) is 3. The molecule has 1 fully saturated rings. The maximum Gasteiger partial charge on any atom is 0.121 e. The van der Waals surface area contributed by atoms with E-state index in [4.69, 9.17) is 10.5 Å². The summed E-state index contributed by atoms with van der Waals surface area (Å²) in [6.45, 7) is 2.32. The Hall–Kier alpha value is -1.38. The molecule has 2 atom stereocenters. The summed E-state index contributed by atoms with van der Waals surface area (Å²) >= 11 is 0. The van der Waals surface area contributed by atoms with Crippen LogP contribution in [0, 0.1) is 5.92 Å². The lowest BCUT2D eigenvalue weighted by Gasteiger charge is -2.28. The molecule has 0 spiro atoms. The highest BCUT2D eigenvalue weighted by atomic mass is 16.5. The molecule has 1 aliphatic carbocycles. The third kappa shape index (κ3) is 3.05. The summed E-state index contributed by atoms with van der Waals surface area (Å²) in [7, 11) is 1.68. The second-order valence-corrected chi connectivity index (χ2v) is 5.07. The van der Waals surface area contributed by atoms with Crippen LogP contribution in [-0.2, 0) is 0 Å². The van der Waals surface area contributed by atoms with E-state index < -0.39 is 0 Å². The van der Waals surface area contributed by atoms with Gasteiger partial charge >= 0.3 is 0 Å². The van der Waals surface area contributed by atoms with Crippen molar-refractivity contribution < 1.29 is 4.74 Å². The molecule has 0 amide bonds. The molecule has 1 aromatic rings. The van der Waals surface area contributed by atoms with Crippen LogP contribution < -0.4 is 15.8 Å². The first-order chi connectivity index (χ1) is 8.19. The SMILES string of the molecule is COc1ccc(N)c(NC2CCCC(C)C2)c1. The fourth-order valence-corrected chi connectivity index (χ4v) is 2.57. The summed E-state index contributed by atoms with van der Waals surface area (Å²) < 4.78 is 5.22. The molecule has 2 rings (SSSR count). The number of nitrogens with two attached hydrogens (primary N) is 1. The largest absolute Gasteiger partial charge is 0.497 e. The molecule has 3 heteroatoms. The van der Waals surface area contributed by atoms with Gasteiger partial charge in [-0.15, -0.1) is 0 Å². The average molecular weight is 234 g/mol. The Balaban J connectivity index is 2.06. The van der Waals surface area contributed by atoms with E-state index in [1.54, 1.807) is 7.11 Å². The monoisotopic (exact) mass is 234 g/mol. The summed E-state index contributed by atoms with van der Waals surface area (Å²) in [4.78, 5) is 0. The molecule has 2 unspecified atom stereocenters. The van der Waals surface area contributed by atoms with E-state index in [1.807, 2.05) is 18.2 Å². The molecular weight excluding hydrogens is 212 g/mol. The zero-order chi connectivity index (χ0) is 12.3. The first kappa shape index (κ1) is 12.1. The number of anilines is 2. The third-order valence-electron chi connectivity index (χ3n) is 3.56. The van der Waals surface area contributed by atoms with Crippen LogP contribution in [0.3, 0.4) is 0 Å². The molecule has 1 aliphatic rings. The van der Waals surface area contributed by atoms with Gasteiger partial charge in [0, 0.05) is 12.1 Å². The Kier molecular flexibility index (Phi) is 3.77. The summed E-state index contributed by atoms with van der Waals surface area (Å²) in [5.74, 6) is 1.67. The molecule has 94 valence electrons. The number of hydrogen-bond donors (Lipinski definition) is 2. The second kappa shape index (κ2) is 5.30. The second-order valence-electron chi connectivity index (χ2n) is 5.07. The molecule has 0 aliphatic heterocycles. The smallest absolute Gasteiger partial charge is 0.121 e. The lowest BCUT2D eigenvalue weighted by Crippen LogP contribution is -2.26. The van der Waals surface area contributed by atoms with Gasteiger partial charge in [-0.05, 0) is 30.9 Å². The first-order valence-electron chi connectivity index (χ1n) is 6.39. The fraction of sp³-hybridized carbons (Fsp3) is 0.571. The van der Waals surface area contributed by atoms with Crippen LogP contribution in [-0.4, -0.2) is 13.2 Å². The van der Waals surface area contributed by atoms with Gasteiger partial charge in [0.2, 0.25) is 0 Å². The zero-order valence-corrected chi connectivity index (χ0v) is 10.7. The van der Waals surface area contributed by atoms with Crippen molar-refractivity contribution in [3.05, 3.63) is 18.2 Å². The maximum atomic E-state index is 5.98. The highest BCUT2D eigenvalue weighted by Gasteiger charge is 2.19. The number of rotatable bonds is 3. The lowest BCUT2D eigenvalue weighted by atomic mass is 9.87. The van der Waals surface area contributed by atoms with E-state index in [1.165, 1.54) is 25.7 Å². The quantitative estimate of drug-likeness (QED) is 0.789. The third-order valence-corrected chi connectivity index (χ3v) is 3.56. The normalized spacial score (nSPS) is 24.4. The molecule has 1 aromatic carbocycles. The van der Waals surface area contributed by atoms with Crippen LogP contribution in [0.15, 0.2) is 18.2 Å². The summed E-state index contributed by atoms with van der Waals surface area (Å²) in [5.41, 5.74) is 7.78. The van der Waals surface area contributed by atoms with Crippen LogP contribution in [0.1, 0.15) is 32.6 Å². The lowest BCUT2D eigenvalue weighted by molar-refractivity contribution is 0.358. The predicted octanol–water partition coefficient (Wildman–Crippen LogP) is 3.27. The van der Waals surface area contributed by atoms with Crippen molar-refractivity contribution in [2.24, 2.45) is 5.92 Å². The van der Waals surface area contributed by atoms with E-state index in [9.17, 15) is 0 Å². The molecule has 0 aromatic heterocycles. The predicted molar refractivity (Wildman–Crippen MR) is 72.4 cm³/mol. The Morgan fingerprint density at radius 2 is 2.18 bits per heavy atom.